The number of rotatable bonds is 11. The largest absolute Gasteiger partial charge is 0.493 e. The molecule has 1 atom stereocenters. The molecule has 6 rings (SSSR count). The lowest BCUT2D eigenvalue weighted by Gasteiger charge is -2.32. The summed E-state index contributed by atoms with van der Waals surface area (Å²) in [5.74, 6) is -0.0419. The first-order chi connectivity index (χ1) is 24.2. The monoisotopic (exact) mass is 677 g/mol. The number of carbonyl (C=O) groups is 4. The molecule has 0 bridgehead atoms. The number of carbonyl (C=O) groups excluding carboxylic acids is 4. The predicted molar refractivity (Wildman–Crippen MR) is 190 cm³/mol. The highest BCUT2D eigenvalue weighted by Gasteiger charge is 2.31. The van der Waals surface area contributed by atoms with Crippen LogP contribution in [-0.2, 0) is 16.6 Å². The lowest BCUT2D eigenvalue weighted by molar-refractivity contribution is -0.116. The highest BCUT2D eigenvalue weighted by molar-refractivity contribution is 6.05. The molecule has 0 aliphatic carbocycles. The summed E-state index contributed by atoms with van der Waals surface area (Å²) < 4.78 is 18.0. The zero-order valence-electron chi connectivity index (χ0n) is 28.2. The summed E-state index contributed by atoms with van der Waals surface area (Å²) >= 11 is 0. The zero-order chi connectivity index (χ0) is 35.2. The van der Waals surface area contributed by atoms with E-state index in [1.807, 2.05) is 29.4 Å². The third-order valence-electron chi connectivity index (χ3n) is 8.82. The van der Waals surface area contributed by atoms with Crippen molar-refractivity contribution in [1.82, 2.24) is 9.47 Å². The van der Waals surface area contributed by atoms with Crippen molar-refractivity contribution in [1.29, 1.82) is 0 Å². The Morgan fingerprint density at radius 3 is 2.38 bits per heavy atom. The van der Waals surface area contributed by atoms with Crippen molar-refractivity contribution in [2.24, 2.45) is 12.0 Å². The number of hydrogen-bond acceptors (Lipinski definition) is 8. The second-order valence-corrected chi connectivity index (χ2v) is 12.2. The van der Waals surface area contributed by atoms with Crippen LogP contribution in [0.25, 0.3) is 11.1 Å². The maximum atomic E-state index is 13.2. The normalized spacial score (nSPS) is 15.0. The maximum absolute atomic E-state index is 13.2. The van der Waals surface area contributed by atoms with E-state index in [0.29, 0.717) is 58.3 Å². The summed E-state index contributed by atoms with van der Waals surface area (Å²) in [4.78, 5) is 57.1. The number of benzene rings is 3. The summed E-state index contributed by atoms with van der Waals surface area (Å²) in [5.41, 5.74) is 4.84. The Morgan fingerprint density at radius 1 is 0.900 bits per heavy atom. The fraction of sp³-hybridized carbons (Fsp3) is 0.289. The molecule has 258 valence electrons. The Bertz CT molecular complexity index is 1930. The molecular weight excluding hydrogens is 638 g/mol. The van der Waals surface area contributed by atoms with Crippen LogP contribution in [0.3, 0.4) is 0 Å². The predicted octanol–water partition coefficient (Wildman–Crippen LogP) is 6.25. The van der Waals surface area contributed by atoms with E-state index in [0.717, 1.165) is 30.4 Å². The van der Waals surface area contributed by atoms with Crippen LogP contribution in [0.2, 0.25) is 0 Å². The third-order valence-corrected chi connectivity index (χ3v) is 8.82. The van der Waals surface area contributed by atoms with Gasteiger partial charge in [0.05, 0.1) is 38.1 Å². The summed E-state index contributed by atoms with van der Waals surface area (Å²) in [5, 5.41) is 5.73. The van der Waals surface area contributed by atoms with Gasteiger partial charge in [0, 0.05) is 61.0 Å². The van der Waals surface area contributed by atoms with Gasteiger partial charge in [-0.25, -0.2) is 4.79 Å². The maximum Gasteiger partial charge on any atom is 0.354 e. The molecule has 2 aliphatic rings. The molecule has 1 unspecified atom stereocenters. The number of ether oxygens (including phenoxy) is 3. The van der Waals surface area contributed by atoms with E-state index < -0.39 is 5.97 Å². The molecule has 0 spiro atoms. The molecule has 12 heteroatoms. The average Bonchev–Trinajstić information content (AvgIpc) is 3.47. The first-order valence-electron chi connectivity index (χ1n) is 16.5. The number of aromatic nitrogens is 1. The van der Waals surface area contributed by atoms with Gasteiger partial charge in [0.2, 0.25) is 5.91 Å². The molecule has 1 saturated heterocycles. The molecular formula is C38H39N5O7. The average molecular weight is 678 g/mol. The zero-order valence-corrected chi connectivity index (χ0v) is 28.2. The van der Waals surface area contributed by atoms with E-state index in [9.17, 15) is 19.2 Å². The minimum absolute atomic E-state index is 0.00175. The summed E-state index contributed by atoms with van der Waals surface area (Å²) in [6, 6.07) is 19.1. The number of aryl methyl sites for hydroxylation is 1. The summed E-state index contributed by atoms with van der Waals surface area (Å²) in [6.07, 6.45) is 7.30. The van der Waals surface area contributed by atoms with Crippen molar-refractivity contribution in [3.05, 3.63) is 89.7 Å². The van der Waals surface area contributed by atoms with Crippen LogP contribution in [0, 0.1) is 0 Å². The van der Waals surface area contributed by atoms with Gasteiger partial charge in [-0.3, -0.25) is 19.4 Å². The number of fused-ring (bicyclic) bond motifs is 2. The van der Waals surface area contributed by atoms with Gasteiger partial charge < -0.3 is 34.3 Å². The van der Waals surface area contributed by atoms with Crippen molar-refractivity contribution < 1.29 is 33.4 Å². The van der Waals surface area contributed by atoms with E-state index in [2.05, 4.69) is 15.6 Å². The molecule has 1 aromatic heterocycles. The van der Waals surface area contributed by atoms with Gasteiger partial charge in [-0.15, -0.1) is 0 Å². The highest BCUT2D eigenvalue weighted by atomic mass is 16.5. The van der Waals surface area contributed by atoms with Gasteiger partial charge in [-0.2, -0.15) is 0 Å². The topological polar surface area (TPSA) is 141 Å². The molecule has 3 aromatic carbocycles. The van der Waals surface area contributed by atoms with Crippen molar-refractivity contribution in [2.75, 3.05) is 38.0 Å². The lowest BCUT2D eigenvalue weighted by Crippen LogP contribution is -2.43. The molecule has 0 radical (unpaired) electrons. The molecule has 3 heterocycles. The van der Waals surface area contributed by atoms with Gasteiger partial charge in [0.15, 0.2) is 11.5 Å². The number of anilines is 2. The van der Waals surface area contributed by atoms with Crippen LogP contribution in [-0.4, -0.2) is 72.8 Å². The molecule has 4 aromatic rings. The van der Waals surface area contributed by atoms with Crippen molar-refractivity contribution in [3.8, 4) is 22.6 Å². The number of piperidine rings is 1. The van der Waals surface area contributed by atoms with Crippen molar-refractivity contribution >= 4 is 47.0 Å². The number of hydrogen-bond donors (Lipinski definition) is 2. The summed E-state index contributed by atoms with van der Waals surface area (Å²) in [7, 11) is 4.65. The van der Waals surface area contributed by atoms with Crippen LogP contribution in [0.1, 0.15) is 63.3 Å². The van der Waals surface area contributed by atoms with Crippen LogP contribution in [0.5, 0.6) is 11.5 Å². The Labute approximate surface area is 290 Å². The van der Waals surface area contributed by atoms with Crippen LogP contribution in [0.15, 0.2) is 77.9 Å². The van der Waals surface area contributed by atoms with E-state index in [4.69, 9.17) is 14.2 Å². The second kappa shape index (κ2) is 15.1. The van der Waals surface area contributed by atoms with Crippen molar-refractivity contribution in [3.63, 3.8) is 0 Å². The van der Waals surface area contributed by atoms with Crippen LogP contribution >= 0.6 is 0 Å². The van der Waals surface area contributed by atoms with Crippen LogP contribution in [0.4, 0.5) is 17.1 Å². The number of methoxy groups -OCH3 is 2. The Morgan fingerprint density at radius 2 is 1.64 bits per heavy atom. The first kappa shape index (κ1) is 34.0. The lowest BCUT2D eigenvalue weighted by atomic mass is 10.0. The van der Waals surface area contributed by atoms with Crippen LogP contribution < -0.4 is 20.1 Å². The fourth-order valence-corrected chi connectivity index (χ4v) is 6.11. The smallest absolute Gasteiger partial charge is 0.354 e. The van der Waals surface area contributed by atoms with Gasteiger partial charge in [0.1, 0.15) is 5.69 Å². The Hall–Kier alpha value is -5.91. The molecule has 1 fully saturated rings. The van der Waals surface area contributed by atoms with Gasteiger partial charge >= 0.3 is 5.97 Å². The third kappa shape index (κ3) is 7.54. The summed E-state index contributed by atoms with van der Waals surface area (Å²) in [6.45, 7) is 0.973. The first-order valence-corrected chi connectivity index (χ1v) is 16.5. The number of esters is 1. The molecule has 50 heavy (non-hydrogen) atoms. The van der Waals surface area contributed by atoms with Crippen molar-refractivity contribution in [2.45, 2.75) is 38.1 Å². The Kier molecular flexibility index (Phi) is 10.3. The number of amides is 3. The van der Waals surface area contributed by atoms with Gasteiger partial charge in [-0.1, -0.05) is 12.1 Å². The minimum Gasteiger partial charge on any atom is -0.493 e. The van der Waals surface area contributed by atoms with Gasteiger partial charge in [-0.05, 0) is 79.8 Å². The molecule has 12 nitrogen and oxygen atoms in total. The van der Waals surface area contributed by atoms with E-state index in [-0.39, 0.29) is 36.8 Å². The standard InChI is InChI=1S/C38H39N5O7/c1-42-23-26(19-32(42)38(47)49-3)24-9-13-28(14-10-24)41-36(45)25-11-15-27(16-12-25)40-35(44)8-6-18-50-34-21-31-30(20-33(34)48-2)37(46)43-17-5-4-7-29(43)22-39-31/h9-16,19-23,29H,4-8,17-18H2,1-3H3,(H,40,44)(H,41,45). The number of nitrogens with zero attached hydrogens (tertiary/aromatic N) is 3. The molecule has 0 saturated carbocycles. The molecule has 3 amide bonds. The highest BCUT2D eigenvalue weighted by Crippen LogP contribution is 2.38. The fourth-order valence-electron chi connectivity index (χ4n) is 6.11. The molecule has 2 aliphatic heterocycles. The van der Waals surface area contributed by atoms with E-state index in [1.165, 1.54) is 14.2 Å². The van der Waals surface area contributed by atoms with E-state index in [1.54, 1.807) is 66.2 Å². The second-order valence-electron chi connectivity index (χ2n) is 12.2. The SMILES string of the molecule is COC(=O)c1cc(-c2ccc(NC(=O)c3ccc(NC(=O)CCCOc4cc5c(cc4OC)C(=O)N4CCCCC4C=N5)cc3)cc2)cn1C. The van der Waals surface area contributed by atoms with E-state index >= 15 is 0 Å². The molecule has 2 N–H and O–H groups in total. The number of nitrogens with one attached hydrogen (secondary N) is 2. The quantitative estimate of drug-likeness (QED) is 0.141. The van der Waals surface area contributed by atoms with Gasteiger partial charge in [0.25, 0.3) is 11.8 Å². The minimum atomic E-state index is -0.413. The Balaban J connectivity index is 0.975. The number of aliphatic imine (C=N–C) groups is 1.